The van der Waals surface area contributed by atoms with Crippen molar-refractivity contribution in [2.75, 3.05) is 46.2 Å². The molecule has 0 spiro atoms. The van der Waals surface area contributed by atoms with Crippen molar-refractivity contribution in [2.24, 2.45) is 0 Å². The molecule has 0 aliphatic carbocycles. The topological polar surface area (TPSA) is 88.4 Å². The summed E-state index contributed by atoms with van der Waals surface area (Å²) in [5.74, 6) is 0. The molecule has 0 bridgehead atoms. The van der Waals surface area contributed by atoms with Gasteiger partial charge in [0.05, 0.1) is 52.4 Å². The fourth-order valence-corrected chi connectivity index (χ4v) is 1.01. The third-order valence-corrected chi connectivity index (χ3v) is 1.65. The van der Waals surface area contributed by atoms with Crippen molar-refractivity contribution >= 4 is 0 Å². The highest BCUT2D eigenvalue weighted by Crippen LogP contribution is 1.96. The zero-order chi connectivity index (χ0) is 12.2. The van der Waals surface area contributed by atoms with E-state index >= 15 is 0 Å². The van der Waals surface area contributed by atoms with Gasteiger partial charge in [-0.3, -0.25) is 0 Å². The van der Waals surface area contributed by atoms with E-state index in [2.05, 4.69) is 0 Å². The fourth-order valence-electron chi connectivity index (χ4n) is 1.01. The van der Waals surface area contributed by atoms with E-state index in [1.165, 1.54) is 0 Å². The molecular weight excluding hydrogens is 216 g/mol. The second-order valence-corrected chi connectivity index (χ2v) is 3.40. The van der Waals surface area contributed by atoms with Crippen LogP contribution in [-0.4, -0.2) is 73.8 Å². The van der Waals surface area contributed by atoms with Crippen LogP contribution in [0.2, 0.25) is 0 Å². The fraction of sp³-hybridized carbons (Fsp3) is 1.00. The number of ether oxygens (including phenoxy) is 3. The maximum absolute atomic E-state index is 8.99. The molecule has 2 atom stereocenters. The van der Waals surface area contributed by atoms with Crippen LogP contribution in [0.3, 0.4) is 0 Å². The van der Waals surface area contributed by atoms with Gasteiger partial charge in [0.2, 0.25) is 0 Å². The van der Waals surface area contributed by atoms with Crippen molar-refractivity contribution in [2.45, 2.75) is 19.1 Å². The van der Waals surface area contributed by atoms with Crippen LogP contribution in [0.5, 0.6) is 0 Å². The van der Waals surface area contributed by atoms with Gasteiger partial charge in [-0.25, -0.2) is 0 Å². The smallest absolute Gasteiger partial charge is 0.104 e. The highest BCUT2D eigenvalue weighted by molar-refractivity contribution is 4.56. The van der Waals surface area contributed by atoms with Crippen LogP contribution in [0.4, 0.5) is 0 Å². The Balaban J connectivity index is 3.62. The zero-order valence-corrected chi connectivity index (χ0v) is 9.67. The molecule has 0 fully saturated rings. The zero-order valence-electron chi connectivity index (χ0n) is 9.67. The monoisotopic (exact) mass is 238 g/mol. The highest BCUT2D eigenvalue weighted by Gasteiger charge is 2.10. The molecule has 0 amide bonds. The van der Waals surface area contributed by atoms with E-state index in [4.69, 9.17) is 29.5 Å². The van der Waals surface area contributed by atoms with E-state index in [1.54, 1.807) is 6.92 Å². The lowest BCUT2D eigenvalue weighted by Gasteiger charge is -2.18. The molecule has 16 heavy (non-hydrogen) atoms. The molecule has 0 aromatic rings. The Morgan fingerprint density at radius 2 is 1.56 bits per heavy atom. The number of hydrogen-bond acceptors (Lipinski definition) is 6. The third kappa shape index (κ3) is 10.3. The average Bonchev–Trinajstić information content (AvgIpc) is 2.25. The molecule has 0 rings (SSSR count). The molecule has 0 aromatic carbocycles. The van der Waals surface area contributed by atoms with Gasteiger partial charge in [0, 0.05) is 0 Å². The first kappa shape index (κ1) is 15.8. The molecule has 6 heteroatoms. The molecule has 0 heterocycles. The van der Waals surface area contributed by atoms with Crippen LogP contribution in [0.25, 0.3) is 0 Å². The molecule has 0 aliphatic heterocycles. The van der Waals surface area contributed by atoms with Gasteiger partial charge < -0.3 is 29.5 Å². The number of aliphatic hydroxyl groups excluding tert-OH is 3. The van der Waals surface area contributed by atoms with Crippen LogP contribution in [0.1, 0.15) is 6.92 Å². The number of hydrogen-bond donors (Lipinski definition) is 3. The first-order valence-electron chi connectivity index (χ1n) is 5.37. The molecule has 0 radical (unpaired) electrons. The minimum absolute atomic E-state index is 0.0404. The van der Waals surface area contributed by atoms with E-state index in [9.17, 15) is 0 Å². The third-order valence-electron chi connectivity index (χ3n) is 1.65. The predicted octanol–water partition coefficient (Wildman–Crippen LogP) is -1.23. The van der Waals surface area contributed by atoms with Crippen molar-refractivity contribution in [3.8, 4) is 0 Å². The van der Waals surface area contributed by atoms with Gasteiger partial charge in [-0.05, 0) is 6.92 Å². The molecule has 0 saturated carbocycles. The summed E-state index contributed by atoms with van der Waals surface area (Å²) in [7, 11) is 0. The van der Waals surface area contributed by atoms with Crippen LogP contribution in [-0.2, 0) is 14.2 Å². The minimum atomic E-state index is -0.517. The van der Waals surface area contributed by atoms with Gasteiger partial charge in [-0.2, -0.15) is 0 Å². The summed E-state index contributed by atoms with van der Waals surface area (Å²) in [6.45, 7) is 2.80. The maximum Gasteiger partial charge on any atom is 0.104 e. The summed E-state index contributed by atoms with van der Waals surface area (Å²) < 4.78 is 15.5. The molecule has 0 saturated heterocycles. The Morgan fingerprint density at radius 1 is 0.938 bits per heavy atom. The Hall–Kier alpha value is -0.240. The summed E-state index contributed by atoms with van der Waals surface area (Å²) in [5, 5.41) is 26.1. The van der Waals surface area contributed by atoms with Crippen molar-refractivity contribution in [1.82, 2.24) is 0 Å². The van der Waals surface area contributed by atoms with Gasteiger partial charge in [0.25, 0.3) is 0 Å². The maximum atomic E-state index is 8.99. The molecule has 0 aromatic heterocycles. The molecule has 6 nitrogen and oxygen atoms in total. The summed E-state index contributed by atoms with van der Waals surface area (Å²) >= 11 is 0. The van der Waals surface area contributed by atoms with Crippen molar-refractivity contribution in [3.63, 3.8) is 0 Å². The van der Waals surface area contributed by atoms with Gasteiger partial charge in [0.15, 0.2) is 0 Å². The Labute approximate surface area is 95.7 Å². The Kier molecular flexibility index (Phi) is 11.1. The Morgan fingerprint density at radius 3 is 2.12 bits per heavy atom. The first-order chi connectivity index (χ1) is 7.70. The van der Waals surface area contributed by atoms with Crippen molar-refractivity contribution in [1.29, 1.82) is 0 Å². The van der Waals surface area contributed by atoms with E-state index < -0.39 is 6.10 Å². The lowest BCUT2D eigenvalue weighted by Crippen LogP contribution is -2.29. The van der Waals surface area contributed by atoms with Crippen LogP contribution in [0.15, 0.2) is 0 Å². The first-order valence-corrected chi connectivity index (χ1v) is 5.37. The number of aliphatic hydroxyl groups is 3. The normalized spacial score (nSPS) is 15.0. The molecule has 2 unspecified atom stereocenters. The molecule has 0 aliphatic rings. The van der Waals surface area contributed by atoms with Crippen molar-refractivity contribution in [3.05, 3.63) is 0 Å². The van der Waals surface area contributed by atoms with Gasteiger partial charge in [-0.1, -0.05) is 0 Å². The standard InChI is InChI=1S/C10H22O6/c1-9(13)6-15-8-10(16-5-3-12)7-14-4-2-11/h9-13H,2-8H2,1H3. The lowest BCUT2D eigenvalue weighted by atomic mass is 10.4. The summed E-state index contributed by atoms with van der Waals surface area (Å²) in [4.78, 5) is 0. The van der Waals surface area contributed by atoms with E-state index in [0.717, 1.165) is 0 Å². The highest BCUT2D eigenvalue weighted by atomic mass is 16.6. The van der Waals surface area contributed by atoms with Gasteiger partial charge in [-0.15, -0.1) is 0 Å². The average molecular weight is 238 g/mol. The summed E-state index contributed by atoms with van der Waals surface area (Å²) in [6.07, 6.45) is -0.811. The summed E-state index contributed by atoms with van der Waals surface area (Å²) in [5.41, 5.74) is 0. The number of rotatable bonds is 11. The molecule has 98 valence electrons. The van der Waals surface area contributed by atoms with Crippen LogP contribution in [0, 0.1) is 0 Å². The van der Waals surface area contributed by atoms with Gasteiger partial charge >= 0.3 is 0 Å². The quantitative estimate of drug-likeness (QED) is 0.391. The van der Waals surface area contributed by atoms with Crippen molar-refractivity contribution < 1.29 is 29.5 Å². The lowest BCUT2D eigenvalue weighted by molar-refractivity contribution is -0.0788. The van der Waals surface area contributed by atoms with Crippen LogP contribution < -0.4 is 0 Å². The van der Waals surface area contributed by atoms with Gasteiger partial charge in [0.1, 0.15) is 6.10 Å². The second-order valence-electron chi connectivity index (χ2n) is 3.40. The summed E-state index contributed by atoms with van der Waals surface area (Å²) in [6, 6.07) is 0. The van der Waals surface area contributed by atoms with E-state index in [1.807, 2.05) is 0 Å². The van der Waals surface area contributed by atoms with E-state index in [-0.39, 0.29) is 45.7 Å². The predicted molar refractivity (Wildman–Crippen MR) is 57.2 cm³/mol. The SMILES string of the molecule is CC(O)COCC(COCCO)OCCO. The Bertz CT molecular complexity index is 141. The minimum Gasteiger partial charge on any atom is -0.394 e. The molecule has 3 N–H and O–H groups in total. The van der Waals surface area contributed by atoms with E-state index in [0.29, 0.717) is 6.61 Å². The largest absolute Gasteiger partial charge is 0.394 e. The molecular formula is C10H22O6. The second kappa shape index (κ2) is 11.3. The van der Waals surface area contributed by atoms with Crippen LogP contribution >= 0.6 is 0 Å².